The minimum atomic E-state index is -1.47. The molecule has 0 saturated carbocycles. The zero-order valence-corrected chi connectivity index (χ0v) is 22.6. The van der Waals surface area contributed by atoms with Crippen molar-refractivity contribution in [3.63, 3.8) is 0 Å². The summed E-state index contributed by atoms with van der Waals surface area (Å²) < 4.78 is 31.7. The van der Waals surface area contributed by atoms with E-state index in [-0.39, 0.29) is 10.6 Å². The van der Waals surface area contributed by atoms with Crippen molar-refractivity contribution in [1.82, 2.24) is 9.71 Å². The van der Waals surface area contributed by atoms with E-state index in [0.29, 0.717) is 0 Å². The molecule has 0 saturated heterocycles. The fourth-order valence-electron chi connectivity index (χ4n) is 3.71. The molecule has 1 unspecified atom stereocenters. The molecular weight excluding hydrogens is 503 g/mol. The number of fused-ring (bicyclic) bond motifs is 1. The number of aliphatic hydroxyl groups is 1. The van der Waals surface area contributed by atoms with Crippen LogP contribution in [-0.2, 0) is 16.6 Å². The summed E-state index contributed by atoms with van der Waals surface area (Å²) in [6, 6.07) is 15.4. The summed E-state index contributed by atoms with van der Waals surface area (Å²) in [6.07, 6.45) is 1.69. The smallest absolute Gasteiger partial charge is 0.129 e. The third-order valence-corrected chi connectivity index (χ3v) is 8.80. The predicted molar refractivity (Wildman–Crippen MR) is 145 cm³/mol. The Kier molecular flexibility index (Phi) is 7.19. The molecule has 2 heterocycles. The fraction of sp³-hybridized carbons (Fsp3) is 0.296. The number of pyridine rings is 1. The topological polar surface area (TPSA) is 62.2 Å². The molecule has 2 atom stereocenters. The van der Waals surface area contributed by atoms with Crippen LogP contribution in [0.3, 0.4) is 0 Å². The fourth-order valence-corrected chi connectivity index (χ4v) is 6.12. The van der Waals surface area contributed by atoms with Crippen LogP contribution in [0, 0.1) is 5.82 Å². The quantitative estimate of drug-likeness (QED) is 0.279. The van der Waals surface area contributed by atoms with Gasteiger partial charge in [-0.25, -0.2) is 13.3 Å². The molecule has 0 aliphatic heterocycles. The molecule has 2 aromatic carbocycles. The highest BCUT2D eigenvalue weighted by atomic mass is 35.5. The maximum absolute atomic E-state index is 15.0. The van der Waals surface area contributed by atoms with Gasteiger partial charge in [0.25, 0.3) is 0 Å². The molecule has 184 valence electrons. The number of halogens is 2. The Hall–Kier alpha value is -2.16. The second kappa shape index (κ2) is 9.71. The van der Waals surface area contributed by atoms with Gasteiger partial charge in [-0.05, 0) is 75.9 Å². The van der Waals surface area contributed by atoms with Crippen LogP contribution in [0.4, 0.5) is 4.39 Å². The summed E-state index contributed by atoms with van der Waals surface area (Å²) in [5, 5.41) is 11.7. The summed E-state index contributed by atoms with van der Waals surface area (Å²) in [7, 11) is -1.47. The number of nitrogens with one attached hydrogen (secondary N) is 1. The van der Waals surface area contributed by atoms with Gasteiger partial charge in [0.05, 0.1) is 33.1 Å². The van der Waals surface area contributed by atoms with Crippen LogP contribution in [0.15, 0.2) is 60.8 Å². The Balaban J connectivity index is 1.88. The van der Waals surface area contributed by atoms with Crippen LogP contribution in [0.5, 0.6) is 0 Å². The van der Waals surface area contributed by atoms with Crippen LogP contribution >= 0.6 is 22.9 Å². The van der Waals surface area contributed by atoms with Gasteiger partial charge >= 0.3 is 0 Å². The van der Waals surface area contributed by atoms with E-state index < -0.39 is 33.2 Å². The number of hydrogen-bond donors (Lipinski definition) is 2. The van der Waals surface area contributed by atoms with Crippen molar-refractivity contribution in [1.29, 1.82) is 0 Å². The molecule has 0 fully saturated rings. The Morgan fingerprint density at radius 3 is 2.46 bits per heavy atom. The van der Waals surface area contributed by atoms with Crippen molar-refractivity contribution >= 4 is 44.0 Å². The molecule has 8 heteroatoms. The highest BCUT2D eigenvalue weighted by Gasteiger charge is 2.29. The molecule has 4 rings (SSSR count). The number of thiophene rings is 1. The average Bonchev–Trinajstić information content (AvgIpc) is 3.21. The van der Waals surface area contributed by atoms with Gasteiger partial charge in [-0.1, -0.05) is 35.9 Å². The number of aromatic nitrogens is 1. The van der Waals surface area contributed by atoms with Gasteiger partial charge in [0.2, 0.25) is 0 Å². The van der Waals surface area contributed by atoms with Gasteiger partial charge in [-0.2, -0.15) is 0 Å². The maximum atomic E-state index is 15.0. The van der Waals surface area contributed by atoms with Crippen LogP contribution in [-0.4, -0.2) is 19.0 Å². The Bertz CT molecular complexity index is 1390. The van der Waals surface area contributed by atoms with E-state index in [4.69, 9.17) is 11.6 Å². The maximum Gasteiger partial charge on any atom is 0.129 e. The van der Waals surface area contributed by atoms with E-state index in [2.05, 4.69) is 9.71 Å². The lowest BCUT2D eigenvalue weighted by molar-refractivity contribution is 0.0785. The van der Waals surface area contributed by atoms with E-state index in [1.54, 1.807) is 38.2 Å². The normalized spacial score (nSPS) is 14.3. The van der Waals surface area contributed by atoms with Crippen LogP contribution in [0.2, 0.25) is 5.02 Å². The predicted octanol–water partition coefficient (Wildman–Crippen LogP) is 7.12. The molecule has 2 N–H and O–H groups in total. The summed E-state index contributed by atoms with van der Waals surface area (Å²) in [5.74, 6) is -0.460. The van der Waals surface area contributed by atoms with E-state index in [1.807, 2.05) is 51.1 Å². The van der Waals surface area contributed by atoms with Gasteiger partial charge in [0.1, 0.15) is 5.82 Å². The molecule has 0 aliphatic carbocycles. The average molecular weight is 531 g/mol. The Labute approximate surface area is 216 Å². The second-order valence-electron chi connectivity index (χ2n) is 9.93. The van der Waals surface area contributed by atoms with Crippen molar-refractivity contribution in [2.45, 2.75) is 51.0 Å². The van der Waals surface area contributed by atoms with Crippen molar-refractivity contribution in [2.75, 3.05) is 0 Å². The van der Waals surface area contributed by atoms with E-state index in [0.717, 1.165) is 31.8 Å². The second-order valence-corrected chi connectivity index (χ2v) is 13.4. The molecule has 2 aromatic heterocycles. The summed E-state index contributed by atoms with van der Waals surface area (Å²) in [5.41, 5.74) is 1.66. The number of benzene rings is 2. The molecule has 0 bridgehead atoms. The van der Waals surface area contributed by atoms with Gasteiger partial charge in [-0.3, -0.25) is 4.98 Å². The first-order chi connectivity index (χ1) is 16.4. The Morgan fingerprint density at radius 2 is 1.80 bits per heavy atom. The molecule has 0 spiro atoms. The molecule has 0 aliphatic rings. The zero-order chi connectivity index (χ0) is 25.5. The largest absolute Gasteiger partial charge is 0.386 e. The van der Waals surface area contributed by atoms with Crippen molar-refractivity contribution in [2.24, 2.45) is 0 Å². The first-order valence-corrected chi connectivity index (χ1v) is 13.5. The third-order valence-electron chi connectivity index (χ3n) is 5.66. The molecule has 35 heavy (non-hydrogen) atoms. The lowest BCUT2D eigenvalue weighted by Crippen LogP contribution is -2.36. The lowest BCUT2D eigenvalue weighted by Gasteiger charge is -2.25. The van der Waals surface area contributed by atoms with E-state index in [1.165, 1.54) is 17.4 Å². The van der Waals surface area contributed by atoms with Crippen molar-refractivity contribution in [3.05, 3.63) is 87.6 Å². The van der Waals surface area contributed by atoms with Gasteiger partial charge in [0, 0.05) is 31.9 Å². The monoisotopic (exact) mass is 530 g/mol. The van der Waals surface area contributed by atoms with Crippen LogP contribution < -0.4 is 4.72 Å². The first kappa shape index (κ1) is 25.9. The standard InChI is InChI=1S/C27H28ClFN2O2S2/c1-26(2,3)35(33)31-24(23-19(28)10-7-11-20(23)29)22-14-16-8-6-9-18(25(16)34-22)21-15-17(12-13-30-21)27(4,5)32/h6-15,24,31-32H,1-5H3/t24-,35?/m0/s1. The molecular formula is C27H28ClFN2O2S2. The SMILES string of the molecule is CC(C)(O)c1ccnc(-c2cccc3cc([C@H](NS(=O)C(C)(C)C)c4c(F)cccc4Cl)sc23)c1. The lowest BCUT2D eigenvalue weighted by atomic mass is 9.97. The number of hydrogen-bond acceptors (Lipinski definition) is 4. The molecule has 0 radical (unpaired) electrons. The van der Waals surface area contributed by atoms with E-state index >= 15 is 4.39 Å². The van der Waals surface area contributed by atoms with Crippen LogP contribution in [0.1, 0.15) is 56.7 Å². The molecule has 0 amide bonds. The summed E-state index contributed by atoms with van der Waals surface area (Å²) >= 11 is 7.93. The summed E-state index contributed by atoms with van der Waals surface area (Å²) in [6.45, 7) is 9.06. The third kappa shape index (κ3) is 5.49. The minimum Gasteiger partial charge on any atom is -0.386 e. The van der Waals surface area contributed by atoms with Gasteiger partial charge in [0.15, 0.2) is 0 Å². The molecule has 4 aromatic rings. The van der Waals surface area contributed by atoms with Crippen molar-refractivity contribution < 1.29 is 13.7 Å². The van der Waals surface area contributed by atoms with Gasteiger partial charge < -0.3 is 5.11 Å². The zero-order valence-electron chi connectivity index (χ0n) is 20.2. The van der Waals surface area contributed by atoms with Crippen molar-refractivity contribution in [3.8, 4) is 11.3 Å². The highest BCUT2D eigenvalue weighted by molar-refractivity contribution is 7.84. The van der Waals surface area contributed by atoms with Gasteiger partial charge in [-0.15, -0.1) is 11.3 Å². The molecule has 4 nitrogen and oxygen atoms in total. The minimum absolute atomic E-state index is 0.266. The van der Waals surface area contributed by atoms with E-state index in [9.17, 15) is 9.32 Å². The number of rotatable bonds is 6. The summed E-state index contributed by atoms with van der Waals surface area (Å²) in [4.78, 5) is 5.33. The van der Waals surface area contributed by atoms with Crippen LogP contribution in [0.25, 0.3) is 21.3 Å². The highest BCUT2D eigenvalue weighted by Crippen LogP contribution is 2.41. The first-order valence-electron chi connectivity index (χ1n) is 11.2. The Morgan fingerprint density at radius 1 is 1.09 bits per heavy atom. The number of nitrogens with zero attached hydrogens (tertiary/aromatic N) is 1.